The van der Waals surface area contributed by atoms with Crippen molar-refractivity contribution >= 4 is 5.82 Å². The number of anilines is 1. The maximum absolute atomic E-state index is 9.33. The molecular formula is C11H17N3O2. The summed E-state index contributed by atoms with van der Waals surface area (Å²) in [6.45, 7) is 2.64. The van der Waals surface area contributed by atoms with Crippen LogP contribution < -0.4 is 10.1 Å². The lowest BCUT2D eigenvalue weighted by molar-refractivity contribution is 0.143. The first-order valence-electron chi connectivity index (χ1n) is 5.62. The molecule has 16 heavy (non-hydrogen) atoms. The molecule has 2 N–H and O–H groups in total. The molecule has 1 fully saturated rings. The summed E-state index contributed by atoms with van der Waals surface area (Å²) in [6, 6.07) is 1.76. The zero-order valence-electron chi connectivity index (χ0n) is 9.44. The van der Waals surface area contributed by atoms with Gasteiger partial charge in [-0.15, -0.1) is 0 Å². The van der Waals surface area contributed by atoms with Crippen molar-refractivity contribution in [1.29, 1.82) is 0 Å². The quantitative estimate of drug-likeness (QED) is 0.785. The summed E-state index contributed by atoms with van der Waals surface area (Å²) in [4.78, 5) is 8.12. The SMILES string of the molecule is CCOc1cc(NC2(CO)CCC2)ncn1. The number of hydrogen-bond donors (Lipinski definition) is 2. The molecule has 5 heteroatoms. The van der Waals surface area contributed by atoms with Crippen LogP contribution in [-0.2, 0) is 0 Å². The Labute approximate surface area is 94.9 Å². The highest BCUT2D eigenvalue weighted by Crippen LogP contribution is 2.34. The van der Waals surface area contributed by atoms with Crippen LogP contribution in [0.2, 0.25) is 0 Å². The van der Waals surface area contributed by atoms with E-state index in [2.05, 4.69) is 15.3 Å². The molecule has 0 bridgehead atoms. The van der Waals surface area contributed by atoms with Crippen molar-refractivity contribution < 1.29 is 9.84 Å². The molecule has 0 aromatic carbocycles. The van der Waals surface area contributed by atoms with Gasteiger partial charge in [0.25, 0.3) is 0 Å². The van der Waals surface area contributed by atoms with E-state index in [-0.39, 0.29) is 12.1 Å². The van der Waals surface area contributed by atoms with Crippen LogP contribution in [0.15, 0.2) is 12.4 Å². The Morgan fingerprint density at radius 2 is 2.31 bits per heavy atom. The summed E-state index contributed by atoms with van der Waals surface area (Å²) in [5.41, 5.74) is -0.183. The summed E-state index contributed by atoms with van der Waals surface area (Å²) in [5.74, 6) is 1.28. The highest BCUT2D eigenvalue weighted by molar-refractivity contribution is 5.41. The van der Waals surface area contributed by atoms with Crippen molar-refractivity contribution in [2.45, 2.75) is 31.7 Å². The standard InChI is InChI=1S/C11H17N3O2/c1-2-16-10-6-9(12-8-13-10)14-11(7-15)4-3-5-11/h6,8,15H,2-5,7H2,1H3,(H,12,13,14). The molecule has 0 amide bonds. The minimum Gasteiger partial charge on any atom is -0.478 e. The molecule has 1 aliphatic carbocycles. The third-order valence-corrected chi connectivity index (χ3v) is 2.94. The average molecular weight is 223 g/mol. The van der Waals surface area contributed by atoms with Crippen molar-refractivity contribution in [2.75, 3.05) is 18.5 Å². The molecule has 0 spiro atoms. The van der Waals surface area contributed by atoms with Gasteiger partial charge in [-0.1, -0.05) is 0 Å². The van der Waals surface area contributed by atoms with E-state index in [0.717, 1.165) is 19.3 Å². The lowest BCUT2D eigenvalue weighted by atomic mass is 9.77. The van der Waals surface area contributed by atoms with Gasteiger partial charge in [-0.2, -0.15) is 0 Å². The van der Waals surface area contributed by atoms with Crippen molar-refractivity contribution in [1.82, 2.24) is 9.97 Å². The number of aromatic nitrogens is 2. The van der Waals surface area contributed by atoms with Gasteiger partial charge in [-0.3, -0.25) is 0 Å². The fourth-order valence-electron chi connectivity index (χ4n) is 1.83. The molecule has 5 nitrogen and oxygen atoms in total. The van der Waals surface area contributed by atoms with E-state index in [1.54, 1.807) is 6.07 Å². The van der Waals surface area contributed by atoms with Crippen molar-refractivity contribution in [3.8, 4) is 5.88 Å². The molecule has 0 atom stereocenters. The third kappa shape index (κ3) is 2.24. The van der Waals surface area contributed by atoms with Crippen LogP contribution in [-0.4, -0.2) is 33.8 Å². The first kappa shape index (κ1) is 11.1. The van der Waals surface area contributed by atoms with Crippen LogP contribution in [0.5, 0.6) is 5.88 Å². The first-order valence-corrected chi connectivity index (χ1v) is 5.62. The Morgan fingerprint density at radius 1 is 1.50 bits per heavy atom. The average Bonchev–Trinajstić information content (AvgIpc) is 2.25. The normalized spacial score (nSPS) is 17.6. The Hall–Kier alpha value is -1.36. The van der Waals surface area contributed by atoms with E-state index in [9.17, 15) is 5.11 Å². The van der Waals surface area contributed by atoms with Crippen LogP contribution >= 0.6 is 0 Å². The molecule has 0 radical (unpaired) electrons. The number of rotatable bonds is 5. The largest absolute Gasteiger partial charge is 0.478 e. The van der Waals surface area contributed by atoms with Gasteiger partial charge in [0.05, 0.1) is 18.8 Å². The minimum atomic E-state index is -0.183. The summed E-state index contributed by atoms with van der Waals surface area (Å²) < 4.78 is 5.29. The molecule has 0 saturated heterocycles. The van der Waals surface area contributed by atoms with E-state index in [1.807, 2.05) is 6.92 Å². The predicted octanol–water partition coefficient (Wildman–Crippen LogP) is 1.20. The smallest absolute Gasteiger partial charge is 0.218 e. The van der Waals surface area contributed by atoms with Crippen LogP contribution in [0, 0.1) is 0 Å². The van der Waals surface area contributed by atoms with Crippen molar-refractivity contribution in [3.63, 3.8) is 0 Å². The summed E-state index contributed by atoms with van der Waals surface area (Å²) in [6.07, 6.45) is 4.59. The zero-order valence-corrected chi connectivity index (χ0v) is 9.44. The molecule has 1 saturated carbocycles. The zero-order chi connectivity index (χ0) is 11.4. The monoisotopic (exact) mass is 223 g/mol. The second-order valence-corrected chi connectivity index (χ2v) is 4.09. The predicted molar refractivity (Wildman–Crippen MR) is 60.5 cm³/mol. The van der Waals surface area contributed by atoms with E-state index >= 15 is 0 Å². The van der Waals surface area contributed by atoms with Crippen LogP contribution in [0.1, 0.15) is 26.2 Å². The molecular weight excluding hydrogens is 206 g/mol. The number of ether oxygens (including phenoxy) is 1. The Balaban J connectivity index is 2.05. The van der Waals surface area contributed by atoms with Gasteiger partial charge < -0.3 is 15.2 Å². The van der Waals surface area contributed by atoms with Gasteiger partial charge in [0, 0.05) is 6.07 Å². The van der Waals surface area contributed by atoms with Gasteiger partial charge >= 0.3 is 0 Å². The summed E-state index contributed by atoms with van der Waals surface area (Å²) in [7, 11) is 0. The van der Waals surface area contributed by atoms with E-state index in [0.29, 0.717) is 18.3 Å². The fourth-order valence-corrected chi connectivity index (χ4v) is 1.83. The number of aliphatic hydroxyl groups is 1. The number of nitrogens with one attached hydrogen (secondary N) is 1. The lowest BCUT2D eigenvalue weighted by Gasteiger charge is -2.41. The lowest BCUT2D eigenvalue weighted by Crippen LogP contribution is -2.48. The van der Waals surface area contributed by atoms with Crippen molar-refractivity contribution in [2.24, 2.45) is 0 Å². The van der Waals surface area contributed by atoms with Crippen LogP contribution in [0.3, 0.4) is 0 Å². The topological polar surface area (TPSA) is 67.3 Å². The fraction of sp³-hybridized carbons (Fsp3) is 0.636. The minimum absolute atomic E-state index is 0.140. The maximum atomic E-state index is 9.33. The van der Waals surface area contributed by atoms with Gasteiger partial charge in [0.15, 0.2) is 0 Å². The number of nitrogens with zero attached hydrogens (tertiary/aromatic N) is 2. The molecule has 2 rings (SSSR count). The number of aliphatic hydroxyl groups excluding tert-OH is 1. The molecule has 1 heterocycles. The van der Waals surface area contributed by atoms with Gasteiger partial charge in [-0.25, -0.2) is 9.97 Å². The second-order valence-electron chi connectivity index (χ2n) is 4.09. The van der Waals surface area contributed by atoms with Crippen molar-refractivity contribution in [3.05, 3.63) is 12.4 Å². The Kier molecular flexibility index (Phi) is 3.24. The molecule has 0 aliphatic heterocycles. The van der Waals surface area contributed by atoms with Gasteiger partial charge in [-0.05, 0) is 26.2 Å². The van der Waals surface area contributed by atoms with E-state index in [4.69, 9.17) is 4.74 Å². The molecule has 1 aromatic heterocycles. The maximum Gasteiger partial charge on any atom is 0.218 e. The Morgan fingerprint density at radius 3 is 2.88 bits per heavy atom. The van der Waals surface area contributed by atoms with E-state index in [1.165, 1.54) is 6.33 Å². The molecule has 1 aromatic rings. The van der Waals surface area contributed by atoms with Crippen LogP contribution in [0.25, 0.3) is 0 Å². The van der Waals surface area contributed by atoms with E-state index < -0.39 is 0 Å². The van der Waals surface area contributed by atoms with Crippen LogP contribution in [0.4, 0.5) is 5.82 Å². The highest BCUT2D eigenvalue weighted by atomic mass is 16.5. The first-order chi connectivity index (χ1) is 7.78. The highest BCUT2D eigenvalue weighted by Gasteiger charge is 2.36. The number of hydrogen-bond acceptors (Lipinski definition) is 5. The molecule has 1 aliphatic rings. The Bertz CT molecular complexity index is 347. The summed E-state index contributed by atoms with van der Waals surface area (Å²) >= 11 is 0. The van der Waals surface area contributed by atoms with Gasteiger partial charge in [0.2, 0.25) is 5.88 Å². The second kappa shape index (κ2) is 4.65. The molecule has 0 unspecified atom stereocenters. The molecule has 88 valence electrons. The summed E-state index contributed by atoms with van der Waals surface area (Å²) in [5, 5.41) is 12.6. The van der Waals surface area contributed by atoms with Gasteiger partial charge in [0.1, 0.15) is 12.1 Å². The third-order valence-electron chi connectivity index (χ3n) is 2.94.